The van der Waals surface area contributed by atoms with E-state index >= 15 is 0 Å². The van der Waals surface area contributed by atoms with Gasteiger partial charge in [0.05, 0.1) is 0 Å². The Balaban J connectivity index is 1.58. The summed E-state index contributed by atoms with van der Waals surface area (Å²) in [7, 11) is 0. The molecule has 3 rings (SSSR count). The van der Waals surface area contributed by atoms with Gasteiger partial charge in [-0.05, 0) is 44.5 Å². The van der Waals surface area contributed by atoms with Crippen LogP contribution in [0.3, 0.4) is 0 Å². The molecule has 0 bridgehead atoms. The van der Waals surface area contributed by atoms with E-state index in [0.717, 1.165) is 45.4 Å². The number of rotatable bonds is 2. The number of hydrogen-bond donors (Lipinski definition) is 1. The molecule has 0 saturated carbocycles. The lowest BCUT2D eigenvalue weighted by molar-refractivity contribution is 0.0764. The number of nitrogens with zero attached hydrogens (tertiary/aromatic N) is 3. The summed E-state index contributed by atoms with van der Waals surface area (Å²) >= 11 is 0. The molecule has 1 aromatic heterocycles. The Morgan fingerprint density at radius 1 is 1.20 bits per heavy atom. The molecule has 3 heterocycles. The fourth-order valence-corrected chi connectivity index (χ4v) is 3.16. The van der Waals surface area contributed by atoms with Crippen LogP contribution in [0.2, 0.25) is 0 Å². The Morgan fingerprint density at radius 2 is 2.00 bits per heavy atom. The largest absolute Gasteiger partial charge is 0.336 e. The van der Waals surface area contributed by atoms with Gasteiger partial charge in [0.1, 0.15) is 5.69 Å². The molecule has 2 aliphatic rings. The second-order valence-corrected chi connectivity index (χ2v) is 5.78. The van der Waals surface area contributed by atoms with Gasteiger partial charge in [-0.15, -0.1) is 0 Å². The summed E-state index contributed by atoms with van der Waals surface area (Å²) < 4.78 is 0. The second-order valence-electron chi connectivity index (χ2n) is 5.78. The Kier molecular flexibility index (Phi) is 3.98. The highest BCUT2D eigenvalue weighted by Gasteiger charge is 2.32. The first-order valence-corrected chi connectivity index (χ1v) is 7.44. The van der Waals surface area contributed by atoms with Crippen LogP contribution in [-0.2, 0) is 0 Å². The van der Waals surface area contributed by atoms with E-state index in [1.165, 1.54) is 0 Å². The molecule has 2 N–H and O–H groups in total. The molecule has 2 saturated heterocycles. The second kappa shape index (κ2) is 5.89. The molecule has 1 atom stereocenters. The third-order valence-electron chi connectivity index (χ3n) is 4.43. The zero-order chi connectivity index (χ0) is 13.9. The van der Waals surface area contributed by atoms with Gasteiger partial charge >= 0.3 is 0 Å². The zero-order valence-electron chi connectivity index (χ0n) is 11.7. The summed E-state index contributed by atoms with van der Waals surface area (Å²) in [5.41, 5.74) is 6.50. The van der Waals surface area contributed by atoms with Crippen LogP contribution >= 0.6 is 0 Å². The first-order valence-electron chi connectivity index (χ1n) is 7.44. The lowest BCUT2D eigenvalue weighted by atomic mass is 10.0. The topological polar surface area (TPSA) is 62.5 Å². The Bertz CT molecular complexity index is 456. The number of piperidine rings is 1. The minimum atomic E-state index is 0.0572. The highest BCUT2D eigenvalue weighted by Crippen LogP contribution is 2.21. The third kappa shape index (κ3) is 2.83. The third-order valence-corrected chi connectivity index (χ3v) is 4.43. The van der Waals surface area contributed by atoms with E-state index in [2.05, 4.69) is 9.88 Å². The Morgan fingerprint density at radius 3 is 2.70 bits per heavy atom. The molecular formula is C15H22N4O. The molecule has 20 heavy (non-hydrogen) atoms. The van der Waals surface area contributed by atoms with Crippen LogP contribution in [0, 0.1) is 0 Å². The number of nitrogens with two attached hydrogens (primary N) is 1. The van der Waals surface area contributed by atoms with Crippen molar-refractivity contribution in [2.45, 2.75) is 31.3 Å². The Labute approximate surface area is 119 Å². The molecule has 1 aromatic rings. The highest BCUT2D eigenvalue weighted by atomic mass is 16.2. The van der Waals surface area contributed by atoms with Crippen molar-refractivity contribution in [1.82, 2.24) is 14.8 Å². The van der Waals surface area contributed by atoms with E-state index in [0.29, 0.717) is 17.8 Å². The van der Waals surface area contributed by atoms with Gasteiger partial charge in [-0.2, -0.15) is 0 Å². The quantitative estimate of drug-likeness (QED) is 0.863. The van der Waals surface area contributed by atoms with Crippen LogP contribution in [0.15, 0.2) is 24.4 Å². The molecule has 5 heteroatoms. The smallest absolute Gasteiger partial charge is 0.272 e. The van der Waals surface area contributed by atoms with Gasteiger partial charge in [0, 0.05) is 31.4 Å². The minimum absolute atomic E-state index is 0.0572. The zero-order valence-corrected chi connectivity index (χ0v) is 11.7. The van der Waals surface area contributed by atoms with Crippen molar-refractivity contribution in [3.05, 3.63) is 30.1 Å². The summed E-state index contributed by atoms with van der Waals surface area (Å²) in [4.78, 5) is 20.9. The average Bonchev–Trinajstić information content (AvgIpc) is 2.98. The number of pyridine rings is 1. The first-order chi connectivity index (χ1) is 9.74. The van der Waals surface area contributed by atoms with Crippen LogP contribution in [0.25, 0.3) is 0 Å². The van der Waals surface area contributed by atoms with Gasteiger partial charge in [0.2, 0.25) is 0 Å². The fraction of sp³-hybridized carbons (Fsp3) is 0.600. The van der Waals surface area contributed by atoms with Crippen molar-refractivity contribution in [1.29, 1.82) is 0 Å². The van der Waals surface area contributed by atoms with Gasteiger partial charge in [-0.3, -0.25) is 14.7 Å². The first kappa shape index (κ1) is 13.5. The highest BCUT2D eigenvalue weighted by molar-refractivity contribution is 5.92. The van der Waals surface area contributed by atoms with E-state index in [4.69, 9.17) is 5.73 Å². The molecule has 108 valence electrons. The summed E-state index contributed by atoms with van der Waals surface area (Å²) in [6, 6.07) is 6.34. The minimum Gasteiger partial charge on any atom is -0.336 e. The maximum atomic E-state index is 12.4. The molecule has 1 amide bonds. The van der Waals surface area contributed by atoms with Gasteiger partial charge in [0.25, 0.3) is 5.91 Å². The SMILES string of the molecule is NC1CCN(C2CCN(C(=O)c3ccccn3)C2)CC1. The number of hydrogen-bond acceptors (Lipinski definition) is 4. The summed E-state index contributed by atoms with van der Waals surface area (Å²) in [5, 5.41) is 0. The fourth-order valence-electron chi connectivity index (χ4n) is 3.16. The maximum absolute atomic E-state index is 12.4. The van der Waals surface area contributed by atoms with Crippen LogP contribution in [0.4, 0.5) is 0 Å². The normalized spacial score (nSPS) is 25.1. The summed E-state index contributed by atoms with van der Waals surface area (Å²) in [6.45, 7) is 3.79. The number of aromatic nitrogens is 1. The van der Waals surface area contributed by atoms with Crippen molar-refractivity contribution >= 4 is 5.91 Å². The van der Waals surface area contributed by atoms with E-state index in [1.807, 2.05) is 17.0 Å². The van der Waals surface area contributed by atoms with Crippen LogP contribution in [0.5, 0.6) is 0 Å². The summed E-state index contributed by atoms with van der Waals surface area (Å²) in [5.74, 6) is 0.0572. The molecule has 0 spiro atoms. The Hall–Kier alpha value is -1.46. The molecule has 0 aromatic carbocycles. The monoisotopic (exact) mass is 274 g/mol. The standard InChI is InChI=1S/C15H22N4O/c16-12-4-8-18(9-5-12)13-6-10-19(11-13)15(20)14-3-1-2-7-17-14/h1-3,7,12-13H,4-6,8-11,16H2. The van der Waals surface area contributed by atoms with Crippen LogP contribution < -0.4 is 5.73 Å². The number of carbonyl (C=O) groups excluding carboxylic acids is 1. The molecule has 1 unspecified atom stereocenters. The molecule has 5 nitrogen and oxygen atoms in total. The van der Waals surface area contributed by atoms with Gasteiger partial charge in [-0.25, -0.2) is 0 Å². The molecular weight excluding hydrogens is 252 g/mol. The molecule has 0 aliphatic carbocycles. The van der Waals surface area contributed by atoms with Crippen molar-refractivity contribution in [2.75, 3.05) is 26.2 Å². The van der Waals surface area contributed by atoms with Crippen molar-refractivity contribution < 1.29 is 4.79 Å². The molecule has 2 aliphatic heterocycles. The summed E-state index contributed by atoms with van der Waals surface area (Å²) in [6.07, 6.45) is 4.88. The average molecular weight is 274 g/mol. The van der Waals surface area contributed by atoms with E-state index in [9.17, 15) is 4.79 Å². The lowest BCUT2D eigenvalue weighted by Gasteiger charge is -2.34. The number of likely N-dealkylation sites (tertiary alicyclic amines) is 2. The number of carbonyl (C=O) groups is 1. The maximum Gasteiger partial charge on any atom is 0.272 e. The van der Waals surface area contributed by atoms with Crippen LogP contribution in [0.1, 0.15) is 29.8 Å². The van der Waals surface area contributed by atoms with E-state index in [-0.39, 0.29) is 5.91 Å². The molecule has 0 radical (unpaired) electrons. The predicted octanol–water partition coefficient (Wildman–Crippen LogP) is 0.719. The van der Waals surface area contributed by atoms with Crippen molar-refractivity contribution in [2.24, 2.45) is 5.73 Å². The number of amides is 1. The van der Waals surface area contributed by atoms with Crippen LogP contribution in [-0.4, -0.2) is 59.0 Å². The van der Waals surface area contributed by atoms with E-state index in [1.54, 1.807) is 12.3 Å². The lowest BCUT2D eigenvalue weighted by Crippen LogP contribution is -2.46. The molecule has 2 fully saturated rings. The predicted molar refractivity (Wildman–Crippen MR) is 77.3 cm³/mol. The van der Waals surface area contributed by atoms with Crippen molar-refractivity contribution in [3.8, 4) is 0 Å². The van der Waals surface area contributed by atoms with E-state index < -0.39 is 0 Å². The van der Waals surface area contributed by atoms with Crippen molar-refractivity contribution in [3.63, 3.8) is 0 Å². The van der Waals surface area contributed by atoms with Gasteiger partial charge in [-0.1, -0.05) is 6.07 Å². The van der Waals surface area contributed by atoms with Gasteiger partial charge < -0.3 is 10.6 Å². The van der Waals surface area contributed by atoms with Gasteiger partial charge in [0.15, 0.2) is 0 Å².